The first-order valence-electron chi connectivity index (χ1n) is 6.56. The molecule has 0 spiro atoms. The molecule has 0 N–H and O–H groups in total. The van der Waals surface area contributed by atoms with Crippen molar-refractivity contribution in [3.8, 4) is 5.75 Å². The molecule has 1 aromatic carbocycles. The topological polar surface area (TPSA) is 35.5 Å². The van der Waals surface area contributed by atoms with Crippen LogP contribution >= 0.6 is 0 Å². The van der Waals surface area contributed by atoms with E-state index in [-0.39, 0.29) is 18.2 Å². The summed E-state index contributed by atoms with van der Waals surface area (Å²) in [6.45, 7) is 5.78. The zero-order chi connectivity index (χ0) is 13.4. The Morgan fingerprint density at radius 3 is 2.44 bits per heavy atom. The first kappa shape index (κ1) is 14.6. The van der Waals surface area contributed by atoms with E-state index in [0.717, 1.165) is 18.6 Å². The van der Waals surface area contributed by atoms with Gasteiger partial charge in [-0.1, -0.05) is 32.0 Å². The minimum Gasteiger partial charge on any atom is -0.490 e. The number of rotatable bonds is 7. The average Bonchev–Trinajstić information content (AvgIpc) is 2.38. The lowest BCUT2D eigenvalue weighted by Crippen LogP contribution is -2.24. The van der Waals surface area contributed by atoms with Crippen LogP contribution in [0.25, 0.3) is 0 Å². The summed E-state index contributed by atoms with van der Waals surface area (Å²) in [5, 5.41) is 0. The molecule has 100 valence electrons. The molecule has 0 aromatic heterocycles. The maximum Gasteiger partial charge on any atom is 0.305 e. The largest absolute Gasteiger partial charge is 0.490 e. The van der Waals surface area contributed by atoms with Gasteiger partial charge in [0.2, 0.25) is 0 Å². The molecular weight excluding hydrogens is 228 g/mol. The SMILES string of the molecule is CCC(=O)OC(C)CC(CC)Oc1ccccc1. The molecule has 0 aliphatic heterocycles. The van der Waals surface area contributed by atoms with Gasteiger partial charge in [-0.3, -0.25) is 4.79 Å². The summed E-state index contributed by atoms with van der Waals surface area (Å²) in [5.41, 5.74) is 0. The highest BCUT2D eigenvalue weighted by atomic mass is 16.5. The predicted molar refractivity (Wildman–Crippen MR) is 71.6 cm³/mol. The Morgan fingerprint density at radius 1 is 1.22 bits per heavy atom. The summed E-state index contributed by atoms with van der Waals surface area (Å²) in [7, 11) is 0. The van der Waals surface area contributed by atoms with Crippen LogP contribution in [0.2, 0.25) is 0 Å². The van der Waals surface area contributed by atoms with Crippen molar-refractivity contribution in [3.05, 3.63) is 30.3 Å². The lowest BCUT2D eigenvalue weighted by Gasteiger charge is -2.21. The van der Waals surface area contributed by atoms with Crippen LogP contribution in [0, 0.1) is 0 Å². The fourth-order valence-electron chi connectivity index (χ4n) is 1.72. The molecule has 0 aliphatic carbocycles. The van der Waals surface area contributed by atoms with Crippen LogP contribution < -0.4 is 4.74 Å². The van der Waals surface area contributed by atoms with Gasteiger partial charge in [-0.05, 0) is 25.5 Å². The second kappa shape index (κ2) is 7.75. The van der Waals surface area contributed by atoms with E-state index in [0.29, 0.717) is 6.42 Å². The Balaban J connectivity index is 2.44. The van der Waals surface area contributed by atoms with Crippen molar-refractivity contribution >= 4 is 5.97 Å². The molecule has 2 atom stereocenters. The summed E-state index contributed by atoms with van der Waals surface area (Å²) in [6.07, 6.45) is 2.00. The van der Waals surface area contributed by atoms with Crippen molar-refractivity contribution in [1.29, 1.82) is 0 Å². The number of para-hydroxylation sites is 1. The van der Waals surface area contributed by atoms with Gasteiger partial charge in [-0.2, -0.15) is 0 Å². The van der Waals surface area contributed by atoms with Crippen LogP contribution in [0.5, 0.6) is 5.75 Å². The van der Waals surface area contributed by atoms with E-state index in [1.807, 2.05) is 37.3 Å². The number of carbonyl (C=O) groups is 1. The Bertz CT molecular complexity index is 348. The summed E-state index contributed by atoms with van der Waals surface area (Å²) >= 11 is 0. The van der Waals surface area contributed by atoms with Gasteiger partial charge < -0.3 is 9.47 Å². The van der Waals surface area contributed by atoms with Gasteiger partial charge in [0.05, 0.1) is 0 Å². The van der Waals surface area contributed by atoms with Gasteiger partial charge in [-0.15, -0.1) is 0 Å². The monoisotopic (exact) mass is 250 g/mol. The number of hydrogen-bond acceptors (Lipinski definition) is 3. The second-order valence-electron chi connectivity index (χ2n) is 4.35. The van der Waals surface area contributed by atoms with Crippen molar-refractivity contribution < 1.29 is 14.3 Å². The molecule has 18 heavy (non-hydrogen) atoms. The molecular formula is C15H22O3. The molecule has 0 amide bonds. The van der Waals surface area contributed by atoms with Crippen LogP contribution in [0.1, 0.15) is 40.0 Å². The lowest BCUT2D eigenvalue weighted by atomic mass is 10.1. The van der Waals surface area contributed by atoms with E-state index in [1.165, 1.54) is 0 Å². The summed E-state index contributed by atoms with van der Waals surface area (Å²) in [6, 6.07) is 9.72. The number of ether oxygens (including phenoxy) is 2. The quantitative estimate of drug-likeness (QED) is 0.694. The summed E-state index contributed by atoms with van der Waals surface area (Å²) in [5.74, 6) is 0.704. The number of hydrogen-bond donors (Lipinski definition) is 0. The van der Waals surface area contributed by atoms with Crippen LogP contribution in [0.15, 0.2) is 30.3 Å². The van der Waals surface area contributed by atoms with Gasteiger partial charge in [0, 0.05) is 12.8 Å². The first-order valence-corrected chi connectivity index (χ1v) is 6.56. The third kappa shape index (κ3) is 5.21. The maximum absolute atomic E-state index is 11.2. The molecule has 1 rings (SSSR count). The number of carbonyl (C=O) groups excluding carboxylic acids is 1. The van der Waals surface area contributed by atoms with Crippen molar-refractivity contribution in [2.24, 2.45) is 0 Å². The van der Waals surface area contributed by atoms with Crippen molar-refractivity contribution in [2.75, 3.05) is 0 Å². The van der Waals surface area contributed by atoms with Gasteiger partial charge in [0.15, 0.2) is 0 Å². The molecule has 0 saturated carbocycles. The minimum absolute atomic E-state index is 0.0760. The highest BCUT2D eigenvalue weighted by molar-refractivity contribution is 5.69. The fourth-order valence-corrected chi connectivity index (χ4v) is 1.72. The van der Waals surface area contributed by atoms with Crippen molar-refractivity contribution in [3.63, 3.8) is 0 Å². The summed E-state index contributed by atoms with van der Waals surface area (Å²) < 4.78 is 11.1. The Labute approximate surface area is 109 Å². The molecule has 3 nitrogen and oxygen atoms in total. The molecule has 0 fully saturated rings. The lowest BCUT2D eigenvalue weighted by molar-refractivity contribution is -0.148. The smallest absolute Gasteiger partial charge is 0.305 e. The van der Waals surface area contributed by atoms with Crippen molar-refractivity contribution in [2.45, 2.75) is 52.2 Å². The standard InChI is InChI=1S/C15H22O3/c1-4-13(11-12(3)17-15(16)5-2)18-14-9-7-6-8-10-14/h6-10,12-13H,4-5,11H2,1-3H3. The molecule has 0 heterocycles. The first-order chi connectivity index (χ1) is 8.65. The Morgan fingerprint density at radius 2 is 1.89 bits per heavy atom. The van der Waals surface area contributed by atoms with Crippen LogP contribution in [0.4, 0.5) is 0 Å². The van der Waals surface area contributed by atoms with Crippen LogP contribution in [-0.4, -0.2) is 18.2 Å². The van der Waals surface area contributed by atoms with Gasteiger partial charge in [0.25, 0.3) is 0 Å². The number of benzene rings is 1. The molecule has 0 bridgehead atoms. The normalized spacial score (nSPS) is 13.7. The Kier molecular flexibility index (Phi) is 6.26. The molecule has 0 aliphatic rings. The predicted octanol–water partition coefficient (Wildman–Crippen LogP) is 3.58. The van der Waals surface area contributed by atoms with E-state index in [4.69, 9.17) is 9.47 Å². The van der Waals surface area contributed by atoms with E-state index >= 15 is 0 Å². The molecule has 0 radical (unpaired) electrons. The van der Waals surface area contributed by atoms with Gasteiger partial charge in [0.1, 0.15) is 18.0 Å². The second-order valence-corrected chi connectivity index (χ2v) is 4.35. The third-order valence-corrected chi connectivity index (χ3v) is 2.72. The zero-order valence-corrected chi connectivity index (χ0v) is 11.4. The Hall–Kier alpha value is -1.51. The van der Waals surface area contributed by atoms with E-state index in [1.54, 1.807) is 6.92 Å². The molecule has 3 heteroatoms. The van der Waals surface area contributed by atoms with E-state index in [9.17, 15) is 4.79 Å². The van der Waals surface area contributed by atoms with Crippen molar-refractivity contribution in [1.82, 2.24) is 0 Å². The molecule has 0 saturated heterocycles. The van der Waals surface area contributed by atoms with E-state index < -0.39 is 0 Å². The summed E-state index contributed by atoms with van der Waals surface area (Å²) in [4.78, 5) is 11.2. The molecule has 1 aromatic rings. The van der Waals surface area contributed by atoms with Crippen LogP contribution in [0.3, 0.4) is 0 Å². The third-order valence-electron chi connectivity index (χ3n) is 2.72. The zero-order valence-electron chi connectivity index (χ0n) is 11.4. The molecule has 2 unspecified atom stereocenters. The van der Waals surface area contributed by atoms with Crippen LogP contribution in [-0.2, 0) is 9.53 Å². The fraction of sp³-hybridized carbons (Fsp3) is 0.533. The maximum atomic E-state index is 11.2. The van der Waals surface area contributed by atoms with Gasteiger partial charge >= 0.3 is 5.97 Å². The highest BCUT2D eigenvalue weighted by Crippen LogP contribution is 2.16. The average molecular weight is 250 g/mol. The number of esters is 1. The van der Waals surface area contributed by atoms with E-state index in [2.05, 4.69) is 6.92 Å². The highest BCUT2D eigenvalue weighted by Gasteiger charge is 2.15. The minimum atomic E-state index is -0.155. The van der Waals surface area contributed by atoms with Gasteiger partial charge in [-0.25, -0.2) is 0 Å².